The second-order valence-corrected chi connectivity index (χ2v) is 9.94. The molecule has 1 aliphatic rings. The maximum absolute atomic E-state index is 12.5. The zero-order valence-corrected chi connectivity index (χ0v) is 21.1. The fourth-order valence-electron chi connectivity index (χ4n) is 3.89. The Labute approximate surface area is 216 Å². The van der Waals surface area contributed by atoms with Gasteiger partial charge >= 0.3 is 0 Å². The molecule has 1 saturated heterocycles. The molecule has 0 aromatic heterocycles. The van der Waals surface area contributed by atoms with Crippen LogP contribution in [0.2, 0.25) is 0 Å². The predicted molar refractivity (Wildman–Crippen MR) is 142 cm³/mol. The van der Waals surface area contributed by atoms with Gasteiger partial charge in [-0.15, -0.1) is 11.8 Å². The van der Waals surface area contributed by atoms with Crippen molar-refractivity contribution in [3.8, 4) is 0 Å². The zero-order valence-electron chi connectivity index (χ0n) is 20.3. The fourth-order valence-corrected chi connectivity index (χ4v) is 4.84. The average Bonchev–Trinajstić information content (AvgIpc) is 3.43. The maximum atomic E-state index is 12.5. The van der Waals surface area contributed by atoms with Crippen molar-refractivity contribution >= 4 is 35.2 Å². The molecule has 1 fully saturated rings. The maximum Gasteiger partial charge on any atom is 0.254 e. The molecule has 36 heavy (non-hydrogen) atoms. The standard InChI is InChI=1S/C26H35N5O4S/c27-21(26(35)31-13-14-36-17-31)11-4-5-12-29-24(33)19-9-6-10-20(16-19)30-25(34)23(32)22(28)15-18-7-2-1-3-8-18/h1-3,6-10,16,21-23,32H,4-5,11-15,17,27-28H2,(H,29,33)(H,30,34)/t21-,22+,23-/m0/s1. The van der Waals surface area contributed by atoms with Crippen molar-refractivity contribution in [2.24, 2.45) is 11.5 Å². The molecule has 3 amide bonds. The second kappa shape index (κ2) is 14.0. The van der Waals surface area contributed by atoms with Crippen LogP contribution < -0.4 is 22.1 Å². The Kier molecular flexibility index (Phi) is 10.7. The number of carbonyl (C=O) groups is 3. The van der Waals surface area contributed by atoms with Crippen molar-refractivity contribution in [2.75, 3.05) is 30.0 Å². The van der Waals surface area contributed by atoms with E-state index < -0.39 is 24.1 Å². The third-order valence-corrected chi connectivity index (χ3v) is 6.96. The van der Waals surface area contributed by atoms with Gasteiger partial charge in [-0.2, -0.15) is 0 Å². The molecule has 3 rings (SSSR count). The van der Waals surface area contributed by atoms with Crippen molar-refractivity contribution in [1.29, 1.82) is 0 Å². The van der Waals surface area contributed by atoms with Gasteiger partial charge in [0.2, 0.25) is 5.91 Å². The monoisotopic (exact) mass is 513 g/mol. The summed E-state index contributed by atoms with van der Waals surface area (Å²) in [5, 5.41) is 15.8. The highest BCUT2D eigenvalue weighted by Gasteiger charge is 2.24. The van der Waals surface area contributed by atoms with Crippen LogP contribution in [0.1, 0.15) is 35.2 Å². The molecule has 0 aliphatic carbocycles. The smallest absolute Gasteiger partial charge is 0.254 e. The number of anilines is 1. The number of unbranched alkanes of at least 4 members (excludes halogenated alkanes) is 1. The molecule has 10 heteroatoms. The quantitative estimate of drug-likeness (QED) is 0.269. The summed E-state index contributed by atoms with van der Waals surface area (Å²) in [5.74, 6) is 0.754. The van der Waals surface area contributed by atoms with Gasteiger partial charge < -0.3 is 32.1 Å². The van der Waals surface area contributed by atoms with Gasteiger partial charge in [0, 0.05) is 36.1 Å². The summed E-state index contributed by atoms with van der Waals surface area (Å²) < 4.78 is 0. The minimum atomic E-state index is -1.40. The summed E-state index contributed by atoms with van der Waals surface area (Å²) >= 11 is 1.73. The van der Waals surface area contributed by atoms with Gasteiger partial charge in [0.1, 0.15) is 6.10 Å². The lowest BCUT2D eigenvalue weighted by molar-refractivity contribution is -0.131. The third kappa shape index (κ3) is 8.34. The number of hydrogen-bond donors (Lipinski definition) is 5. The number of nitrogens with two attached hydrogens (primary N) is 2. The van der Waals surface area contributed by atoms with Crippen LogP contribution >= 0.6 is 11.8 Å². The van der Waals surface area contributed by atoms with Crippen molar-refractivity contribution in [1.82, 2.24) is 10.2 Å². The summed E-state index contributed by atoms with van der Waals surface area (Å²) in [7, 11) is 0. The summed E-state index contributed by atoms with van der Waals surface area (Å²) in [6.45, 7) is 1.20. The van der Waals surface area contributed by atoms with Crippen LogP contribution in [-0.2, 0) is 16.0 Å². The molecule has 0 radical (unpaired) electrons. The van der Waals surface area contributed by atoms with E-state index in [0.29, 0.717) is 42.9 Å². The highest BCUT2D eigenvalue weighted by atomic mass is 32.2. The first-order valence-corrected chi connectivity index (χ1v) is 13.3. The molecule has 0 saturated carbocycles. The Morgan fingerprint density at radius 1 is 1.06 bits per heavy atom. The highest BCUT2D eigenvalue weighted by molar-refractivity contribution is 7.99. The minimum Gasteiger partial charge on any atom is -0.382 e. The molecule has 0 bridgehead atoms. The molecule has 1 heterocycles. The lowest BCUT2D eigenvalue weighted by atomic mass is 10.0. The number of nitrogens with one attached hydrogen (secondary N) is 2. The molecule has 3 atom stereocenters. The number of aliphatic hydroxyl groups is 1. The first-order chi connectivity index (χ1) is 17.3. The first kappa shape index (κ1) is 27.7. The van der Waals surface area contributed by atoms with Crippen LogP contribution in [0.4, 0.5) is 5.69 Å². The Balaban J connectivity index is 1.40. The van der Waals surface area contributed by atoms with Crippen molar-refractivity contribution in [2.45, 2.75) is 43.9 Å². The number of carbonyl (C=O) groups excluding carboxylic acids is 3. The largest absolute Gasteiger partial charge is 0.382 e. The van der Waals surface area contributed by atoms with E-state index in [1.807, 2.05) is 30.3 Å². The van der Waals surface area contributed by atoms with E-state index >= 15 is 0 Å². The highest BCUT2D eigenvalue weighted by Crippen LogP contribution is 2.15. The van der Waals surface area contributed by atoms with Crippen LogP contribution in [0.15, 0.2) is 54.6 Å². The Hall–Kier alpha value is -2.92. The molecule has 2 aromatic carbocycles. The minimum absolute atomic E-state index is 0.00552. The molecule has 7 N–H and O–H groups in total. The number of rotatable bonds is 12. The van der Waals surface area contributed by atoms with E-state index in [4.69, 9.17) is 11.5 Å². The van der Waals surface area contributed by atoms with Crippen molar-refractivity contribution in [3.05, 3.63) is 65.7 Å². The predicted octanol–water partition coefficient (Wildman–Crippen LogP) is 1.32. The molecule has 9 nitrogen and oxygen atoms in total. The van der Waals surface area contributed by atoms with Crippen LogP contribution in [0, 0.1) is 0 Å². The van der Waals surface area contributed by atoms with Gasteiger partial charge in [-0.1, -0.05) is 36.4 Å². The van der Waals surface area contributed by atoms with Gasteiger partial charge in [-0.25, -0.2) is 0 Å². The molecule has 2 aromatic rings. The second-order valence-electron chi connectivity index (χ2n) is 8.87. The van der Waals surface area contributed by atoms with Crippen molar-refractivity contribution < 1.29 is 19.5 Å². The summed E-state index contributed by atoms with van der Waals surface area (Å²) in [5.41, 5.74) is 13.7. The van der Waals surface area contributed by atoms with Crippen LogP contribution in [0.25, 0.3) is 0 Å². The van der Waals surface area contributed by atoms with Gasteiger partial charge in [0.25, 0.3) is 11.8 Å². The molecule has 0 spiro atoms. The van der Waals surface area contributed by atoms with E-state index in [0.717, 1.165) is 24.3 Å². The molecule has 0 unspecified atom stereocenters. The molecule has 1 aliphatic heterocycles. The van der Waals surface area contributed by atoms with E-state index in [9.17, 15) is 19.5 Å². The number of amides is 3. The number of hydrogen-bond acceptors (Lipinski definition) is 7. The normalized spacial score (nSPS) is 15.7. The molecule has 194 valence electrons. The number of thioether (sulfide) groups is 1. The van der Waals surface area contributed by atoms with Crippen LogP contribution in [-0.4, -0.2) is 70.6 Å². The van der Waals surface area contributed by atoms with Gasteiger partial charge in [0.05, 0.1) is 11.9 Å². The van der Waals surface area contributed by atoms with Gasteiger partial charge in [-0.3, -0.25) is 14.4 Å². The summed E-state index contributed by atoms with van der Waals surface area (Å²) in [6.07, 6.45) is 0.958. The van der Waals surface area contributed by atoms with Gasteiger partial charge in [0.15, 0.2) is 0 Å². The Morgan fingerprint density at radius 3 is 2.56 bits per heavy atom. The summed E-state index contributed by atoms with van der Waals surface area (Å²) in [6, 6.07) is 14.6. The van der Waals surface area contributed by atoms with E-state index in [2.05, 4.69) is 10.6 Å². The number of nitrogens with zero attached hydrogens (tertiary/aromatic N) is 1. The average molecular weight is 514 g/mol. The van der Waals surface area contributed by atoms with E-state index in [-0.39, 0.29) is 11.8 Å². The van der Waals surface area contributed by atoms with Crippen LogP contribution in [0.3, 0.4) is 0 Å². The Morgan fingerprint density at radius 2 is 1.83 bits per heavy atom. The number of aliphatic hydroxyl groups excluding tert-OH is 1. The SMILES string of the molecule is N[C@H](Cc1ccccc1)[C@H](O)C(=O)Nc1cccc(C(=O)NCCCC[C@H](N)C(=O)N2CCSC2)c1. The van der Waals surface area contributed by atoms with Crippen molar-refractivity contribution in [3.63, 3.8) is 0 Å². The molecular formula is C26H35N5O4S. The zero-order chi connectivity index (χ0) is 25.9. The fraction of sp³-hybridized carbons (Fsp3) is 0.423. The van der Waals surface area contributed by atoms with Crippen LogP contribution in [0.5, 0.6) is 0 Å². The lowest BCUT2D eigenvalue weighted by Crippen LogP contribution is -2.44. The topological polar surface area (TPSA) is 151 Å². The molecular weight excluding hydrogens is 478 g/mol. The Bertz CT molecular complexity index is 1020. The number of benzene rings is 2. The lowest BCUT2D eigenvalue weighted by Gasteiger charge is -2.19. The van der Waals surface area contributed by atoms with E-state index in [1.54, 1.807) is 40.9 Å². The van der Waals surface area contributed by atoms with Gasteiger partial charge in [-0.05, 0) is 49.4 Å². The third-order valence-electron chi connectivity index (χ3n) is 5.99. The first-order valence-electron chi connectivity index (χ1n) is 12.1. The summed E-state index contributed by atoms with van der Waals surface area (Å²) in [4.78, 5) is 39.0. The van der Waals surface area contributed by atoms with E-state index in [1.165, 1.54) is 0 Å².